The Kier molecular flexibility index (Phi) is 5.87. The summed E-state index contributed by atoms with van der Waals surface area (Å²) in [6.45, 7) is 1.57. The van der Waals surface area contributed by atoms with Crippen LogP contribution in [-0.2, 0) is 9.59 Å². The number of rotatable bonds is 4. The van der Waals surface area contributed by atoms with Gasteiger partial charge < -0.3 is 10.2 Å². The number of hydrazine groups is 1. The van der Waals surface area contributed by atoms with Gasteiger partial charge in [-0.2, -0.15) is 0 Å². The van der Waals surface area contributed by atoms with Crippen molar-refractivity contribution in [3.8, 4) is 0 Å². The molecule has 2 saturated heterocycles. The van der Waals surface area contributed by atoms with Gasteiger partial charge in [0.1, 0.15) is 5.82 Å². The van der Waals surface area contributed by atoms with Gasteiger partial charge in [0.05, 0.1) is 17.9 Å². The number of likely N-dealkylation sites (tertiary alicyclic amines) is 1. The number of amides is 2. The number of carbonyl (C=O) groups excluding carboxylic acids is 2. The zero-order valence-electron chi connectivity index (χ0n) is 16.1. The quantitative estimate of drug-likeness (QED) is 0.742. The van der Waals surface area contributed by atoms with Gasteiger partial charge in [-0.1, -0.05) is 30.3 Å². The highest BCUT2D eigenvalue weighted by molar-refractivity contribution is 5.93. The maximum absolute atomic E-state index is 13.2. The average molecular weight is 396 g/mol. The van der Waals surface area contributed by atoms with E-state index in [0.29, 0.717) is 19.6 Å². The van der Waals surface area contributed by atoms with Crippen LogP contribution in [0.25, 0.3) is 0 Å². The molecule has 6 nitrogen and oxygen atoms in total. The smallest absolute Gasteiger partial charge is 0.229 e. The average Bonchev–Trinajstić information content (AvgIpc) is 3.24. The van der Waals surface area contributed by atoms with E-state index in [-0.39, 0.29) is 35.5 Å². The molecule has 7 heteroatoms. The molecule has 152 valence electrons. The van der Waals surface area contributed by atoms with E-state index in [4.69, 9.17) is 0 Å². The fourth-order valence-corrected chi connectivity index (χ4v) is 4.10. The van der Waals surface area contributed by atoms with Crippen molar-refractivity contribution in [1.29, 1.82) is 0 Å². The molecule has 0 radical (unpaired) electrons. The summed E-state index contributed by atoms with van der Waals surface area (Å²) in [7, 11) is 0. The van der Waals surface area contributed by atoms with E-state index in [1.165, 1.54) is 12.1 Å². The van der Waals surface area contributed by atoms with E-state index in [9.17, 15) is 14.0 Å². The Morgan fingerprint density at radius 3 is 2.59 bits per heavy atom. The van der Waals surface area contributed by atoms with E-state index in [0.717, 1.165) is 24.1 Å². The molecule has 0 saturated carbocycles. The summed E-state index contributed by atoms with van der Waals surface area (Å²) < 4.78 is 13.2. The lowest BCUT2D eigenvalue weighted by atomic mass is 9.91. The van der Waals surface area contributed by atoms with Crippen LogP contribution in [0.4, 0.5) is 10.1 Å². The van der Waals surface area contributed by atoms with E-state index < -0.39 is 0 Å². The lowest BCUT2D eigenvalue weighted by Gasteiger charge is -2.34. The van der Waals surface area contributed by atoms with E-state index in [1.54, 1.807) is 17.0 Å². The second kappa shape index (κ2) is 8.71. The summed E-state index contributed by atoms with van der Waals surface area (Å²) in [5, 5.41) is 2.94. The van der Waals surface area contributed by atoms with Crippen LogP contribution in [0.5, 0.6) is 0 Å². The number of anilines is 1. The molecule has 4 rings (SSSR count). The van der Waals surface area contributed by atoms with Gasteiger partial charge in [-0.15, -0.1) is 0 Å². The van der Waals surface area contributed by atoms with Gasteiger partial charge >= 0.3 is 0 Å². The van der Waals surface area contributed by atoms with Crippen LogP contribution in [0, 0.1) is 17.7 Å². The Balaban J connectivity index is 1.41. The highest BCUT2D eigenvalue weighted by Gasteiger charge is 2.38. The zero-order valence-corrected chi connectivity index (χ0v) is 16.1. The van der Waals surface area contributed by atoms with Gasteiger partial charge in [-0.25, -0.2) is 9.82 Å². The van der Waals surface area contributed by atoms with Crippen LogP contribution in [0.1, 0.15) is 24.4 Å². The van der Waals surface area contributed by atoms with Crippen LogP contribution in [-0.4, -0.2) is 36.3 Å². The normalized spacial score (nSPS) is 24.3. The predicted octanol–water partition coefficient (Wildman–Crippen LogP) is 2.47. The summed E-state index contributed by atoms with van der Waals surface area (Å²) in [4.78, 5) is 27.7. The van der Waals surface area contributed by atoms with Gasteiger partial charge in [0, 0.05) is 25.3 Å². The van der Waals surface area contributed by atoms with Crippen molar-refractivity contribution < 1.29 is 14.0 Å². The first-order valence-electron chi connectivity index (χ1n) is 10.0. The van der Waals surface area contributed by atoms with Crippen LogP contribution in [0.3, 0.4) is 0 Å². The number of piperidine rings is 1. The monoisotopic (exact) mass is 396 g/mol. The van der Waals surface area contributed by atoms with E-state index >= 15 is 0 Å². The molecule has 3 atom stereocenters. The minimum absolute atomic E-state index is 0.0223. The molecule has 29 heavy (non-hydrogen) atoms. The van der Waals surface area contributed by atoms with Gasteiger partial charge in [0.15, 0.2) is 0 Å². The van der Waals surface area contributed by atoms with Crippen molar-refractivity contribution in [2.45, 2.75) is 18.9 Å². The largest absolute Gasteiger partial charge is 0.342 e. The summed E-state index contributed by atoms with van der Waals surface area (Å²) in [6.07, 6.45) is 1.57. The first-order valence-corrected chi connectivity index (χ1v) is 10.0. The summed E-state index contributed by atoms with van der Waals surface area (Å²) in [5.41, 5.74) is 7.81. The van der Waals surface area contributed by atoms with Gasteiger partial charge in [0.25, 0.3) is 0 Å². The Hall–Kier alpha value is -2.77. The molecular weight excluding hydrogens is 371 g/mol. The Bertz CT molecular complexity index is 859. The summed E-state index contributed by atoms with van der Waals surface area (Å²) in [6, 6.07) is 15.4. The number of carbonyl (C=O) groups is 2. The number of hydrogen-bond acceptors (Lipinski definition) is 4. The van der Waals surface area contributed by atoms with Gasteiger partial charge in [-0.05, 0) is 42.7 Å². The van der Waals surface area contributed by atoms with Crippen LogP contribution < -0.4 is 16.2 Å². The molecule has 2 aromatic rings. The van der Waals surface area contributed by atoms with Crippen molar-refractivity contribution in [2.75, 3.05) is 25.0 Å². The molecular formula is C22H25FN4O2. The van der Waals surface area contributed by atoms with Crippen molar-refractivity contribution in [3.05, 3.63) is 66.0 Å². The number of halogens is 1. The topological polar surface area (TPSA) is 73.5 Å². The highest BCUT2D eigenvalue weighted by atomic mass is 19.1. The molecule has 2 aliphatic rings. The second-order valence-electron chi connectivity index (χ2n) is 7.64. The minimum atomic E-state index is -0.300. The van der Waals surface area contributed by atoms with E-state index in [1.807, 2.05) is 30.3 Å². The molecule has 2 aliphatic heterocycles. The fourth-order valence-electron chi connectivity index (χ4n) is 4.10. The zero-order chi connectivity index (χ0) is 20.2. The molecule has 2 fully saturated rings. The van der Waals surface area contributed by atoms with Crippen molar-refractivity contribution >= 4 is 17.5 Å². The predicted molar refractivity (Wildman–Crippen MR) is 108 cm³/mol. The van der Waals surface area contributed by atoms with Crippen LogP contribution in [0.15, 0.2) is 54.6 Å². The first-order chi connectivity index (χ1) is 14.1. The molecule has 0 aliphatic carbocycles. The minimum Gasteiger partial charge on any atom is -0.342 e. The highest BCUT2D eigenvalue weighted by Crippen LogP contribution is 2.29. The maximum atomic E-state index is 13.2. The Morgan fingerprint density at radius 1 is 1.07 bits per heavy atom. The Labute approximate surface area is 169 Å². The van der Waals surface area contributed by atoms with Gasteiger partial charge in [-0.3, -0.25) is 15.0 Å². The maximum Gasteiger partial charge on any atom is 0.229 e. The molecule has 0 spiro atoms. The van der Waals surface area contributed by atoms with E-state index in [2.05, 4.69) is 16.2 Å². The lowest BCUT2D eigenvalue weighted by Crippen LogP contribution is -2.47. The third kappa shape index (κ3) is 4.46. The van der Waals surface area contributed by atoms with Crippen molar-refractivity contribution in [1.82, 2.24) is 15.8 Å². The summed E-state index contributed by atoms with van der Waals surface area (Å²) in [5.74, 6) is -0.845. The summed E-state index contributed by atoms with van der Waals surface area (Å²) >= 11 is 0. The molecule has 2 aromatic carbocycles. The number of nitrogens with one attached hydrogen (secondary N) is 3. The number of para-hydroxylation sites is 1. The van der Waals surface area contributed by atoms with Crippen molar-refractivity contribution in [2.24, 2.45) is 11.8 Å². The number of benzene rings is 2. The molecule has 3 unspecified atom stereocenters. The molecule has 0 aromatic heterocycles. The molecule has 0 bridgehead atoms. The lowest BCUT2D eigenvalue weighted by molar-refractivity contribution is -0.138. The number of nitrogens with zero attached hydrogens (tertiary/aromatic N) is 1. The SMILES string of the molecule is O=C(Nc1ccccc1)C1CCCN(C(=O)C2CNNC2c2ccc(F)cc2)C1. The number of hydrogen-bond donors (Lipinski definition) is 3. The molecule has 3 N–H and O–H groups in total. The third-order valence-electron chi connectivity index (χ3n) is 5.67. The molecule has 2 heterocycles. The second-order valence-corrected chi connectivity index (χ2v) is 7.64. The molecule has 2 amide bonds. The Morgan fingerprint density at radius 2 is 1.83 bits per heavy atom. The standard InChI is InChI=1S/C22H25FN4O2/c23-17-10-8-15(9-11-17)20-19(13-24-26-20)22(29)27-12-4-5-16(14-27)21(28)25-18-6-2-1-3-7-18/h1-3,6-11,16,19-20,24,26H,4-5,12-14H2,(H,25,28). The van der Waals surface area contributed by atoms with Gasteiger partial charge in [0.2, 0.25) is 11.8 Å². The van der Waals surface area contributed by atoms with Crippen LogP contribution in [0.2, 0.25) is 0 Å². The first kappa shape index (κ1) is 19.5. The van der Waals surface area contributed by atoms with Crippen molar-refractivity contribution in [3.63, 3.8) is 0 Å². The fraction of sp³-hybridized carbons (Fsp3) is 0.364. The van der Waals surface area contributed by atoms with Crippen LogP contribution >= 0.6 is 0 Å². The third-order valence-corrected chi connectivity index (χ3v) is 5.67.